The number of nitrogens with zero attached hydrogens (tertiary/aromatic N) is 3. The van der Waals surface area contributed by atoms with Gasteiger partial charge in [0.05, 0.1) is 6.61 Å². The Morgan fingerprint density at radius 3 is 2.65 bits per heavy atom. The highest BCUT2D eigenvalue weighted by Crippen LogP contribution is 2.50. The first kappa shape index (κ1) is 20.2. The molecule has 0 radical (unpaired) electrons. The summed E-state index contributed by atoms with van der Waals surface area (Å²) in [6.07, 6.45) is 1.91. The summed E-state index contributed by atoms with van der Waals surface area (Å²) in [6.45, 7) is 2.32. The molecule has 10 nitrogen and oxygen atoms in total. The largest absolute Gasteiger partial charge is 0.494 e. The number of aromatic nitrogens is 4. The maximum absolute atomic E-state index is 12.1. The van der Waals surface area contributed by atoms with Crippen LogP contribution in [0.2, 0.25) is 0 Å². The quantitative estimate of drug-likeness (QED) is 0.281. The van der Waals surface area contributed by atoms with E-state index in [2.05, 4.69) is 20.8 Å². The fourth-order valence-corrected chi connectivity index (χ4v) is 3.12. The van der Waals surface area contributed by atoms with Crippen LogP contribution in [-0.2, 0) is 15.9 Å². The highest BCUT2D eigenvalue weighted by Gasteiger charge is 2.32. The SMILES string of the molecule is CCCCOc1ccc(C(NC(=O)Cn2[nH]nnc2=S)P(=O)(O)O)cc1. The number of H-pyrrole nitrogens is 1. The van der Waals surface area contributed by atoms with Crippen molar-refractivity contribution in [3.63, 3.8) is 0 Å². The summed E-state index contributed by atoms with van der Waals surface area (Å²) in [5.41, 5.74) is 0.265. The van der Waals surface area contributed by atoms with Gasteiger partial charge < -0.3 is 19.8 Å². The molecule has 1 aromatic heterocycles. The van der Waals surface area contributed by atoms with Crippen molar-refractivity contribution in [1.29, 1.82) is 0 Å². The molecule has 26 heavy (non-hydrogen) atoms. The second kappa shape index (κ2) is 9.04. The topological polar surface area (TPSA) is 142 Å². The lowest BCUT2D eigenvalue weighted by Crippen LogP contribution is -2.32. The zero-order valence-corrected chi connectivity index (χ0v) is 15.7. The molecular weight excluding hydrogens is 381 g/mol. The van der Waals surface area contributed by atoms with E-state index in [9.17, 15) is 19.1 Å². The van der Waals surface area contributed by atoms with Gasteiger partial charge in [-0.15, -0.1) is 0 Å². The zero-order chi connectivity index (χ0) is 19.2. The van der Waals surface area contributed by atoms with Gasteiger partial charge in [-0.05, 0) is 36.3 Å². The number of carbonyl (C=O) groups excluding carboxylic acids is 1. The van der Waals surface area contributed by atoms with Gasteiger partial charge in [-0.3, -0.25) is 9.36 Å². The monoisotopic (exact) mass is 401 g/mol. The molecule has 0 saturated carbocycles. The molecule has 1 unspecified atom stereocenters. The standard InChI is InChI=1S/C14H20N5O5PS/c1-2-3-8-24-11-6-4-10(5-7-11)13(25(21,22)23)15-12(20)9-19-14(26)16-17-18-19/h4-7,13H,2-3,8-9H2,1H3,(H,15,20)(H,16,18,26)(H2,21,22,23). The molecule has 142 valence electrons. The molecule has 0 aliphatic rings. The molecule has 0 spiro atoms. The Hall–Kier alpha value is -2.07. The number of rotatable bonds is 9. The van der Waals surface area contributed by atoms with Gasteiger partial charge in [-0.2, -0.15) is 5.21 Å². The first-order valence-electron chi connectivity index (χ1n) is 7.86. The van der Waals surface area contributed by atoms with E-state index in [1.807, 2.05) is 6.92 Å². The van der Waals surface area contributed by atoms with Crippen molar-refractivity contribution < 1.29 is 23.9 Å². The molecule has 0 bridgehead atoms. The molecular formula is C14H20N5O5PS. The van der Waals surface area contributed by atoms with Crippen molar-refractivity contribution in [3.05, 3.63) is 34.6 Å². The number of hydrogen-bond donors (Lipinski definition) is 4. The fraction of sp³-hybridized carbons (Fsp3) is 0.429. The van der Waals surface area contributed by atoms with E-state index in [0.29, 0.717) is 12.4 Å². The van der Waals surface area contributed by atoms with Crippen LogP contribution < -0.4 is 10.1 Å². The lowest BCUT2D eigenvalue weighted by molar-refractivity contribution is -0.122. The number of aromatic amines is 1. The summed E-state index contributed by atoms with van der Waals surface area (Å²) in [4.78, 5) is 31.3. The van der Waals surface area contributed by atoms with Gasteiger partial charge in [0.15, 0.2) is 5.78 Å². The molecule has 1 aromatic carbocycles. The molecule has 1 amide bonds. The molecule has 4 N–H and O–H groups in total. The van der Waals surface area contributed by atoms with Crippen LogP contribution in [0.4, 0.5) is 0 Å². The molecule has 1 atom stereocenters. The van der Waals surface area contributed by atoms with E-state index in [0.717, 1.165) is 12.8 Å². The van der Waals surface area contributed by atoms with Gasteiger partial charge in [0, 0.05) is 0 Å². The Morgan fingerprint density at radius 1 is 1.42 bits per heavy atom. The van der Waals surface area contributed by atoms with Gasteiger partial charge in [-0.25, -0.2) is 4.68 Å². The number of unbranched alkanes of at least 4 members (excludes halogenated alkanes) is 1. The van der Waals surface area contributed by atoms with Crippen LogP contribution in [0.1, 0.15) is 31.1 Å². The minimum absolute atomic E-state index is 0.0569. The van der Waals surface area contributed by atoms with E-state index in [-0.39, 0.29) is 16.9 Å². The van der Waals surface area contributed by atoms with Crippen LogP contribution in [0, 0.1) is 4.77 Å². The third kappa shape index (κ3) is 5.73. The van der Waals surface area contributed by atoms with Crippen molar-refractivity contribution in [3.8, 4) is 5.75 Å². The smallest absolute Gasteiger partial charge is 0.352 e. The molecule has 0 saturated heterocycles. The predicted molar refractivity (Wildman–Crippen MR) is 95.0 cm³/mol. The zero-order valence-electron chi connectivity index (χ0n) is 14.0. The van der Waals surface area contributed by atoms with Gasteiger partial charge in [0.1, 0.15) is 12.3 Å². The third-order valence-corrected chi connectivity index (χ3v) is 4.83. The Bertz CT molecular complexity index is 831. The van der Waals surface area contributed by atoms with Crippen LogP contribution in [0.15, 0.2) is 24.3 Å². The van der Waals surface area contributed by atoms with E-state index >= 15 is 0 Å². The molecule has 2 aromatic rings. The van der Waals surface area contributed by atoms with Crippen LogP contribution in [0.5, 0.6) is 5.75 Å². The number of amides is 1. The molecule has 0 fully saturated rings. The average Bonchev–Trinajstić information content (AvgIpc) is 2.97. The number of hydrogen-bond acceptors (Lipinski definition) is 6. The van der Waals surface area contributed by atoms with Crippen molar-refractivity contribution in [2.75, 3.05) is 6.61 Å². The van der Waals surface area contributed by atoms with Gasteiger partial charge in [0.25, 0.3) is 0 Å². The second-order valence-electron chi connectivity index (χ2n) is 5.50. The minimum atomic E-state index is -4.64. The van der Waals surface area contributed by atoms with Crippen LogP contribution in [0.3, 0.4) is 0 Å². The Labute approximate surface area is 154 Å². The summed E-state index contributed by atoms with van der Waals surface area (Å²) in [5.74, 6) is -1.54. The number of benzene rings is 1. The number of nitrogens with one attached hydrogen (secondary N) is 2. The lowest BCUT2D eigenvalue weighted by Gasteiger charge is -2.20. The summed E-state index contributed by atoms with van der Waals surface area (Å²) in [6, 6.07) is 6.23. The van der Waals surface area contributed by atoms with E-state index in [4.69, 9.17) is 17.0 Å². The number of ether oxygens (including phenoxy) is 1. The Morgan fingerprint density at radius 2 is 2.12 bits per heavy atom. The Balaban J connectivity index is 2.09. The lowest BCUT2D eigenvalue weighted by atomic mass is 10.2. The highest BCUT2D eigenvalue weighted by molar-refractivity contribution is 7.71. The van der Waals surface area contributed by atoms with Gasteiger partial charge in [-0.1, -0.05) is 35.8 Å². The summed E-state index contributed by atoms with van der Waals surface area (Å²) >= 11 is 4.85. The average molecular weight is 401 g/mol. The van der Waals surface area contributed by atoms with E-state index in [1.54, 1.807) is 12.1 Å². The highest BCUT2D eigenvalue weighted by atomic mass is 32.1. The normalized spacial score (nSPS) is 12.6. The predicted octanol–water partition coefficient (Wildman–Crippen LogP) is 1.51. The molecule has 1 heterocycles. The van der Waals surface area contributed by atoms with Crippen molar-refractivity contribution in [2.24, 2.45) is 0 Å². The molecule has 0 aliphatic heterocycles. The maximum atomic E-state index is 12.1. The maximum Gasteiger partial charge on any atom is 0.352 e. The molecule has 2 rings (SSSR count). The van der Waals surface area contributed by atoms with Crippen molar-refractivity contribution >= 4 is 25.7 Å². The van der Waals surface area contributed by atoms with E-state index < -0.39 is 19.3 Å². The number of tetrazole rings is 1. The van der Waals surface area contributed by atoms with Crippen LogP contribution in [-0.4, -0.2) is 42.5 Å². The van der Waals surface area contributed by atoms with Crippen molar-refractivity contribution in [1.82, 2.24) is 25.5 Å². The fourth-order valence-electron chi connectivity index (χ4n) is 2.10. The first-order valence-corrected chi connectivity index (χ1v) is 9.95. The number of carbonyl (C=O) groups is 1. The minimum Gasteiger partial charge on any atom is -0.494 e. The first-order chi connectivity index (χ1) is 12.3. The summed E-state index contributed by atoms with van der Waals surface area (Å²) in [7, 11) is -4.64. The third-order valence-electron chi connectivity index (χ3n) is 3.43. The molecule has 12 heteroatoms. The van der Waals surface area contributed by atoms with Crippen molar-refractivity contribution in [2.45, 2.75) is 32.1 Å². The molecule has 0 aliphatic carbocycles. The van der Waals surface area contributed by atoms with Gasteiger partial charge >= 0.3 is 7.60 Å². The van der Waals surface area contributed by atoms with Gasteiger partial charge in [0.2, 0.25) is 10.7 Å². The summed E-state index contributed by atoms with van der Waals surface area (Å²) < 4.78 is 18.6. The van der Waals surface area contributed by atoms with E-state index in [1.165, 1.54) is 16.8 Å². The summed E-state index contributed by atoms with van der Waals surface area (Å²) in [5, 5.41) is 11.7. The van der Waals surface area contributed by atoms with Crippen LogP contribution in [0.25, 0.3) is 0 Å². The second-order valence-corrected chi connectivity index (χ2v) is 7.56. The Kier molecular flexibility index (Phi) is 7.04. The van der Waals surface area contributed by atoms with Crippen LogP contribution >= 0.6 is 19.8 Å².